The van der Waals surface area contributed by atoms with Crippen molar-refractivity contribution in [1.82, 2.24) is 10.0 Å². The van der Waals surface area contributed by atoms with Crippen molar-refractivity contribution >= 4 is 21.8 Å². The average molecular weight is 266 g/mol. The highest BCUT2D eigenvalue weighted by Gasteiger charge is 2.42. The summed E-state index contributed by atoms with van der Waals surface area (Å²) in [6.45, 7) is 4.07. The van der Waals surface area contributed by atoms with E-state index in [4.69, 9.17) is 0 Å². The lowest BCUT2D eigenvalue weighted by Crippen LogP contribution is -2.36. The molecule has 0 saturated heterocycles. The molecule has 1 aliphatic rings. The van der Waals surface area contributed by atoms with E-state index < -0.39 is 10.0 Å². The summed E-state index contributed by atoms with van der Waals surface area (Å²) in [5.41, 5.74) is 0. The van der Waals surface area contributed by atoms with Gasteiger partial charge in [0.15, 0.2) is 0 Å². The first-order valence-corrected chi connectivity index (χ1v) is 8.64. The third-order valence-corrected chi connectivity index (χ3v) is 5.57. The van der Waals surface area contributed by atoms with Crippen molar-refractivity contribution in [3.63, 3.8) is 0 Å². The van der Waals surface area contributed by atoms with Crippen molar-refractivity contribution in [1.29, 1.82) is 0 Å². The summed E-state index contributed by atoms with van der Waals surface area (Å²) in [6.07, 6.45) is 5.34. The molecule has 96 valence electrons. The van der Waals surface area contributed by atoms with Gasteiger partial charge in [0.1, 0.15) is 0 Å². The number of sulfonamides is 1. The minimum Gasteiger partial charge on any atom is -0.316 e. The lowest BCUT2D eigenvalue weighted by Gasteiger charge is -2.13. The fraction of sp³-hybridized carbons (Fsp3) is 1.00. The van der Waals surface area contributed by atoms with E-state index >= 15 is 0 Å². The van der Waals surface area contributed by atoms with Gasteiger partial charge in [0.2, 0.25) is 10.0 Å². The second kappa shape index (κ2) is 6.23. The van der Waals surface area contributed by atoms with Crippen LogP contribution in [0.25, 0.3) is 0 Å². The molecule has 1 rings (SSSR count). The Balaban J connectivity index is 2.18. The highest BCUT2D eigenvalue weighted by Crippen LogP contribution is 2.46. The molecule has 6 heteroatoms. The van der Waals surface area contributed by atoms with Crippen LogP contribution < -0.4 is 10.0 Å². The van der Waals surface area contributed by atoms with Crippen LogP contribution in [-0.4, -0.2) is 44.8 Å². The van der Waals surface area contributed by atoms with E-state index in [1.165, 1.54) is 0 Å². The molecule has 1 aliphatic carbocycles. The summed E-state index contributed by atoms with van der Waals surface area (Å²) in [5.74, 6) is 0.178. The Labute approximate surface area is 103 Å². The van der Waals surface area contributed by atoms with Crippen LogP contribution in [0.4, 0.5) is 0 Å². The zero-order chi connectivity index (χ0) is 12.1. The van der Waals surface area contributed by atoms with Crippen molar-refractivity contribution in [3.05, 3.63) is 0 Å². The van der Waals surface area contributed by atoms with Crippen LogP contribution in [0.1, 0.15) is 26.2 Å². The molecule has 0 heterocycles. The number of hydrogen-bond donors (Lipinski definition) is 2. The second-order valence-corrected chi connectivity index (χ2v) is 7.48. The Morgan fingerprint density at radius 3 is 2.50 bits per heavy atom. The lowest BCUT2D eigenvalue weighted by atomic mass is 10.4. The van der Waals surface area contributed by atoms with Crippen molar-refractivity contribution < 1.29 is 8.42 Å². The van der Waals surface area contributed by atoms with Crippen molar-refractivity contribution in [2.24, 2.45) is 0 Å². The Kier molecular flexibility index (Phi) is 5.56. The van der Waals surface area contributed by atoms with E-state index in [2.05, 4.69) is 17.0 Å². The first-order chi connectivity index (χ1) is 7.54. The molecule has 1 saturated carbocycles. The summed E-state index contributed by atoms with van der Waals surface area (Å²) < 4.78 is 26.1. The second-order valence-electron chi connectivity index (χ2n) is 4.28. The molecule has 0 aliphatic heterocycles. The van der Waals surface area contributed by atoms with Gasteiger partial charge in [0.25, 0.3) is 0 Å². The van der Waals surface area contributed by atoms with E-state index in [0.29, 0.717) is 13.1 Å². The van der Waals surface area contributed by atoms with Crippen molar-refractivity contribution in [2.45, 2.75) is 30.9 Å². The molecule has 0 bridgehead atoms. The van der Waals surface area contributed by atoms with Crippen LogP contribution in [0.3, 0.4) is 0 Å². The molecule has 16 heavy (non-hydrogen) atoms. The fourth-order valence-corrected chi connectivity index (χ4v) is 3.29. The van der Waals surface area contributed by atoms with E-state index in [1.807, 2.05) is 6.26 Å². The van der Waals surface area contributed by atoms with Gasteiger partial charge in [-0.25, -0.2) is 13.1 Å². The number of thioether (sulfide) groups is 1. The molecule has 2 N–H and O–H groups in total. The van der Waals surface area contributed by atoms with E-state index in [0.717, 1.165) is 25.8 Å². The Hall–Kier alpha value is 0.220. The zero-order valence-corrected chi connectivity index (χ0v) is 11.7. The molecule has 4 nitrogen and oxygen atoms in total. The van der Waals surface area contributed by atoms with Gasteiger partial charge in [-0.2, -0.15) is 11.8 Å². The van der Waals surface area contributed by atoms with E-state index in [-0.39, 0.29) is 10.5 Å². The molecule has 0 spiro atoms. The molecular weight excluding hydrogens is 244 g/mol. The van der Waals surface area contributed by atoms with Crippen molar-refractivity contribution in [3.8, 4) is 0 Å². The molecular formula is C10H22N2O2S2. The molecule has 0 aromatic rings. The largest absolute Gasteiger partial charge is 0.316 e. The maximum absolute atomic E-state index is 11.6. The standard InChI is InChI=1S/C10H22N2O2S2/c1-3-6-11-7-8-16(13,14)12-9-10(15-2)4-5-10/h11-12H,3-9H2,1-2H3. The van der Waals surface area contributed by atoms with Gasteiger partial charge in [0, 0.05) is 17.8 Å². The molecule has 0 atom stereocenters. The van der Waals surface area contributed by atoms with Gasteiger partial charge < -0.3 is 5.32 Å². The molecule has 1 fully saturated rings. The number of nitrogens with one attached hydrogen (secondary N) is 2. The Morgan fingerprint density at radius 2 is 2.00 bits per heavy atom. The van der Waals surface area contributed by atoms with Crippen LogP contribution in [0.5, 0.6) is 0 Å². The topological polar surface area (TPSA) is 58.2 Å². The van der Waals surface area contributed by atoms with Gasteiger partial charge in [-0.1, -0.05) is 6.92 Å². The van der Waals surface area contributed by atoms with Crippen LogP contribution in [0.2, 0.25) is 0 Å². The van der Waals surface area contributed by atoms with Crippen LogP contribution in [-0.2, 0) is 10.0 Å². The van der Waals surface area contributed by atoms with Crippen molar-refractivity contribution in [2.75, 3.05) is 31.6 Å². The van der Waals surface area contributed by atoms with Crippen LogP contribution >= 0.6 is 11.8 Å². The maximum Gasteiger partial charge on any atom is 0.212 e. The van der Waals surface area contributed by atoms with Crippen LogP contribution in [0, 0.1) is 0 Å². The minimum atomic E-state index is -3.09. The molecule has 0 aromatic carbocycles. The fourth-order valence-electron chi connectivity index (χ4n) is 1.41. The quantitative estimate of drug-likeness (QED) is 0.606. The average Bonchev–Trinajstić information content (AvgIpc) is 3.03. The molecule has 0 unspecified atom stereocenters. The first kappa shape index (κ1) is 14.3. The van der Waals surface area contributed by atoms with E-state index in [1.54, 1.807) is 11.8 Å². The summed E-state index contributed by atoms with van der Waals surface area (Å²) in [6, 6.07) is 0. The minimum absolute atomic E-state index is 0.178. The summed E-state index contributed by atoms with van der Waals surface area (Å²) in [4.78, 5) is 0. The van der Waals surface area contributed by atoms with Gasteiger partial charge in [-0.3, -0.25) is 0 Å². The summed E-state index contributed by atoms with van der Waals surface area (Å²) in [5, 5.41) is 3.09. The van der Waals surface area contributed by atoms with Gasteiger partial charge in [-0.05, 0) is 32.1 Å². The Morgan fingerprint density at radius 1 is 1.31 bits per heavy atom. The predicted octanol–water partition coefficient (Wildman–Crippen LogP) is 0.801. The first-order valence-electron chi connectivity index (χ1n) is 5.77. The molecule has 0 amide bonds. The highest BCUT2D eigenvalue weighted by atomic mass is 32.2. The summed E-state index contributed by atoms with van der Waals surface area (Å²) in [7, 11) is -3.09. The zero-order valence-electron chi connectivity index (χ0n) is 10.1. The molecule has 0 radical (unpaired) electrons. The summed E-state index contributed by atoms with van der Waals surface area (Å²) >= 11 is 1.77. The SMILES string of the molecule is CCCNCCS(=O)(=O)NCC1(SC)CC1. The predicted molar refractivity (Wildman–Crippen MR) is 70.4 cm³/mol. The smallest absolute Gasteiger partial charge is 0.212 e. The van der Waals surface area contributed by atoms with E-state index in [9.17, 15) is 8.42 Å². The van der Waals surface area contributed by atoms with Gasteiger partial charge in [-0.15, -0.1) is 0 Å². The lowest BCUT2D eigenvalue weighted by molar-refractivity contribution is 0.574. The monoisotopic (exact) mass is 266 g/mol. The maximum atomic E-state index is 11.6. The van der Waals surface area contributed by atoms with Gasteiger partial charge in [0.05, 0.1) is 5.75 Å². The third kappa shape index (κ3) is 5.03. The number of hydrogen-bond acceptors (Lipinski definition) is 4. The highest BCUT2D eigenvalue weighted by molar-refractivity contribution is 8.00. The number of rotatable bonds is 9. The third-order valence-electron chi connectivity index (χ3n) is 2.83. The molecule has 0 aromatic heterocycles. The van der Waals surface area contributed by atoms with Crippen LogP contribution in [0.15, 0.2) is 0 Å². The Bertz CT molecular complexity index is 300. The normalized spacial score (nSPS) is 18.6. The van der Waals surface area contributed by atoms with Gasteiger partial charge >= 0.3 is 0 Å².